The SMILES string of the molecule is Cc1cc(C)cc(-c2cc(NC3(Cc4ccc(Cl)cc4)CC3)nc(N)n2)c1. The summed E-state index contributed by atoms with van der Waals surface area (Å²) in [6, 6.07) is 16.4. The van der Waals surface area contributed by atoms with E-state index >= 15 is 0 Å². The van der Waals surface area contributed by atoms with E-state index in [1.807, 2.05) is 18.2 Å². The molecule has 0 spiro atoms. The van der Waals surface area contributed by atoms with Crippen LogP contribution in [0.2, 0.25) is 5.02 Å². The summed E-state index contributed by atoms with van der Waals surface area (Å²) in [5.74, 6) is 1.07. The number of nitrogens with zero attached hydrogens (tertiary/aromatic N) is 2. The highest BCUT2D eigenvalue weighted by Crippen LogP contribution is 2.42. The van der Waals surface area contributed by atoms with Crippen LogP contribution in [0, 0.1) is 13.8 Å². The van der Waals surface area contributed by atoms with Gasteiger partial charge in [-0.2, -0.15) is 4.98 Å². The topological polar surface area (TPSA) is 63.8 Å². The zero-order valence-corrected chi connectivity index (χ0v) is 16.3. The van der Waals surface area contributed by atoms with E-state index in [4.69, 9.17) is 17.3 Å². The van der Waals surface area contributed by atoms with E-state index in [9.17, 15) is 0 Å². The minimum atomic E-state index is 0.0361. The Labute approximate surface area is 164 Å². The average molecular weight is 379 g/mol. The van der Waals surface area contributed by atoms with E-state index in [0.717, 1.165) is 41.4 Å². The Morgan fingerprint density at radius 3 is 2.30 bits per heavy atom. The predicted molar refractivity (Wildman–Crippen MR) is 112 cm³/mol. The number of nitrogen functional groups attached to an aromatic ring is 1. The summed E-state index contributed by atoms with van der Waals surface area (Å²) < 4.78 is 0. The molecule has 1 saturated carbocycles. The number of nitrogens with one attached hydrogen (secondary N) is 1. The number of nitrogens with two attached hydrogens (primary N) is 1. The van der Waals surface area contributed by atoms with Crippen LogP contribution in [-0.2, 0) is 6.42 Å². The number of benzene rings is 2. The van der Waals surface area contributed by atoms with E-state index in [-0.39, 0.29) is 11.5 Å². The normalized spacial score (nSPS) is 14.8. The van der Waals surface area contributed by atoms with E-state index in [1.165, 1.54) is 16.7 Å². The van der Waals surface area contributed by atoms with Crippen molar-refractivity contribution in [1.29, 1.82) is 0 Å². The third-order valence-corrected chi connectivity index (χ3v) is 5.22. The molecule has 0 radical (unpaired) electrons. The monoisotopic (exact) mass is 378 g/mol. The first-order chi connectivity index (χ1) is 12.9. The van der Waals surface area contributed by atoms with Crippen LogP contribution in [0.4, 0.5) is 11.8 Å². The zero-order valence-electron chi connectivity index (χ0n) is 15.6. The third kappa shape index (κ3) is 4.22. The fourth-order valence-corrected chi connectivity index (χ4v) is 3.69. The van der Waals surface area contributed by atoms with Crippen molar-refractivity contribution in [2.45, 2.75) is 38.6 Å². The van der Waals surface area contributed by atoms with Gasteiger partial charge in [-0.25, -0.2) is 4.98 Å². The van der Waals surface area contributed by atoms with Gasteiger partial charge in [0, 0.05) is 22.2 Å². The van der Waals surface area contributed by atoms with Crippen LogP contribution in [0.5, 0.6) is 0 Å². The Kier molecular flexibility index (Phi) is 4.52. The van der Waals surface area contributed by atoms with Gasteiger partial charge in [-0.15, -0.1) is 0 Å². The number of anilines is 2. The quantitative estimate of drug-likeness (QED) is 0.641. The summed E-state index contributed by atoms with van der Waals surface area (Å²) in [5, 5.41) is 4.37. The average Bonchev–Trinajstić information content (AvgIpc) is 3.34. The zero-order chi connectivity index (χ0) is 19.0. The molecule has 4 nitrogen and oxygen atoms in total. The lowest BCUT2D eigenvalue weighted by Crippen LogP contribution is -2.25. The van der Waals surface area contributed by atoms with Crippen molar-refractivity contribution in [2.75, 3.05) is 11.1 Å². The standard InChI is InChI=1S/C22H23ClN4/c1-14-9-15(2)11-17(10-14)19-12-20(26-21(24)25-19)27-22(7-8-22)13-16-3-5-18(23)6-4-16/h3-6,9-12H,7-8,13H2,1-2H3,(H3,24,25,26,27). The van der Waals surface area contributed by atoms with E-state index in [1.54, 1.807) is 0 Å². The van der Waals surface area contributed by atoms with Crippen molar-refractivity contribution in [3.05, 3.63) is 70.2 Å². The van der Waals surface area contributed by atoms with Crippen molar-refractivity contribution in [2.24, 2.45) is 0 Å². The number of aromatic nitrogens is 2. The van der Waals surface area contributed by atoms with Gasteiger partial charge in [0.05, 0.1) is 5.69 Å². The van der Waals surface area contributed by atoms with E-state index in [2.05, 4.69) is 59.5 Å². The van der Waals surface area contributed by atoms with Gasteiger partial charge in [0.1, 0.15) is 5.82 Å². The lowest BCUT2D eigenvalue weighted by molar-refractivity contribution is 0.721. The summed E-state index contributed by atoms with van der Waals surface area (Å²) in [4.78, 5) is 8.86. The predicted octanol–water partition coefficient (Wildman–Crippen LogP) is 5.18. The molecule has 3 N–H and O–H groups in total. The third-order valence-electron chi connectivity index (χ3n) is 4.96. The minimum Gasteiger partial charge on any atom is -0.368 e. The highest BCUT2D eigenvalue weighted by Gasteiger charge is 2.43. The number of hydrogen-bond acceptors (Lipinski definition) is 4. The summed E-state index contributed by atoms with van der Waals surface area (Å²) in [7, 11) is 0. The van der Waals surface area contributed by atoms with Crippen molar-refractivity contribution >= 4 is 23.4 Å². The van der Waals surface area contributed by atoms with Crippen LogP contribution in [0.25, 0.3) is 11.3 Å². The molecule has 1 aliphatic carbocycles. The second-order valence-electron chi connectivity index (χ2n) is 7.58. The summed E-state index contributed by atoms with van der Waals surface area (Å²) in [5.41, 5.74) is 11.6. The Hall–Kier alpha value is -2.59. The molecule has 2 aromatic carbocycles. The molecule has 138 valence electrons. The molecular formula is C22H23ClN4. The van der Waals surface area contributed by atoms with Gasteiger partial charge in [0.2, 0.25) is 5.95 Å². The van der Waals surface area contributed by atoms with Gasteiger partial charge in [0.25, 0.3) is 0 Å². The fraction of sp³-hybridized carbons (Fsp3) is 0.273. The Bertz CT molecular complexity index is 958. The Balaban J connectivity index is 1.59. The molecule has 0 aliphatic heterocycles. The first-order valence-electron chi connectivity index (χ1n) is 9.17. The smallest absolute Gasteiger partial charge is 0.222 e. The minimum absolute atomic E-state index is 0.0361. The molecule has 0 atom stereocenters. The molecule has 0 unspecified atom stereocenters. The first-order valence-corrected chi connectivity index (χ1v) is 9.55. The molecule has 1 aromatic heterocycles. The molecular weight excluding hydrogens is 356 g/mol. The van der Waals surface area contributed by atoms with Crippen LogP contribution in [0.1, 0.15) is 29.5 Å². The molecule has 1 aliphatic rings. The molecule has 1 heterocycles. The maximum absolute atomic E-state index is 6.00. The lowest BCUT2D eigenvalue weighted by Gasteiger charge is -2.19. The second kappa shape index (κ2) is 6.86. The number of halogens is 1. The van der Waals surface area contributed by atoms with Gasteiger partial charge >= 0.3 is 0 Å². The first kappa shape index (κ1) is 17.8. The largest absolute Gasteiger partial charge is 0.368 e. The molecule has 0 amide bonds. The van der Waals surface area contributed by atoms with Crippen LogP contribution in [0.3, 0.4) is 0 Å². The van der Waals surface area contributed by atoms with Crippen LogP contribution in [0.15, 0.2) is 48.5 Å². The van der Waals surface area contributed by atoms with Crippen molar-refractivity contribution in [3.63, 3.8) is 0 Å². The fourth-order valence-electron chi connectivity index (χ4n) is 3.56. The molecule has 27 heavy (non-hydrogen) atoms. The number of rotatable bonds is 5. The van der Waals surface area contributed by atoms with Gasteiger partial charge < -0.3 is 11.1 Å². The highest BCUT2D eigenvalue weighted by atomic mass is 35.5. The lowest BCUT2D eigenvalue weighted by atomic mass is 10.0. The molecule has 0 bridgehead atoms. The van der Waals surface area contributed by atoms with Gasteiger partial charge in [-0.1, -0.05) is 40.9 Å². The molecule has 4 rings (SSSR count). The molecule has 5 heteroatoms. The Morgan fingerprint density at radius 2 is 1.67 bits per heavy atom. The maximum atomic E-state index is 6.00. The maximum Gasteiger partial charge on any atom is 0.222 e. The summed E-state index contributed by atoms with van der Waals surface area (Å²) >= 11 is 6.00. The van der Waals surface area contributed by atoms with Gasteiger partial charge in [-0.3, -0.25) is 0 Å². The van der Waals surface area contributed by atoms with E-state index in [0.29, 0.717) is 0 Å². The van der Waals surface area contributed by atoms with Gasteiger partial charge in [0.15, 0.2) is 0 Å². The van der Waals surface area contributed by atoms with Gasteiger partial charge in [-0.05, 0) is 62.9 Å². The van der Waals surface area contributed by atoms with Crippen LogP contribution >= 0.6 is 11.6 Å². The number of aryl methyl sites for hydroxylation is 2. The highest BCUT2D eigenvalue weighted by molar-refractivity contribution is 6.30. The van der Waals surface area contributed by atoms with E-state index < -0.39 is 0 Å². The summed E-state index contributed by atoms with van der Waals surface area (Å²) in [6.45, 7) is 4.18. The molecule has 3 aromatic rings. The van der Waals surface area contributed by atoms with Crippen LogP contribution in [-0.4, -0.2) is 15.5 Å². The van der Waals surface area contributed by atoms with Crippen molar-refractivity contribution in [1.82, 2.24) is 9.97 Å². The summed E-state index contributed by atoms with van der Waals surface area (Å²) in [6.07, 6.45) is 3.16. The number of hydrogen-bond donors (Lipinski definition) is 2. The second-order valence-corrected chi connectivity index (χ2v) is 8.02. The van der Waals surface area contributed by atoms with Crippen molar-refractivity contribution < 1.29 is 0 Å². The molecule has 0 saturated heterocycles. The molecule has 1 fully saturated rings. The van der Waals surface area contributed by atoms with Crippen molar-refractivity contribution in [3.8, 4) is 11.3 Å². The van der Waals surface area contributed by atoms with Crippen LogP contribution < -0.4 is 11.1 Å². The Morgan fingerprint density at radius 1 is 1.00 bits per heavy atom.